The van der Waals surface area contributed by atoms with E-state index in [1.165, 1.54) is 6.08 Å². The summed E-state index contributed by atoms with van der Waals surface area (Å²) < 4.78 is 72.6. The van der Waals surface area contributed by atoms with Crippen molar-refractivity contribution < 1.29 is 31.5 Å². The van der Waals surface area contributed by atoms with Gasteiger partial charge in [-0.15, -0.1) is 6.58 Å². The first-order valence-electron chi connectivity index (χ1n) is 6.74. The molecule has 2 rings (SSSR count). The minimum absolute atomic E-state index is 0.0477. The van der Waals surface area contributed by atoms with Crippen molar-refractivity contribution in [1.29, 1.82) is 0 Å². The topological polar surface area (TPSA) is 31.2 Å². The number of halogens is 5. The Balaban J connectivity index is 2.41. The lowest BCUT2D eigenvalue weighted by atomic mass is 10.0. The van der Waals surface area contributed by atoms with Crippen LogP contribution < -0.4 is 4.74 Å². The van der Waals surface area contributed by atoms with Crippen molar-refractivity contribution in [2.24, 2.45) is 7.05 Å². The molecule has 24 heavy (non-hydrogen) atoms. The number of aryl methyl sites for hydroxylation is 1. The van der Waals surface area contributed by atoms with Crippen LogP contribution in [0.15, 0.2) is 31.0 Å². The molecule has 0 spiro atoms. The van der Waals surface area contributed by atoms with E-state index >= 15 is 0 Å². The normalized spacial score (nSPS) is 12.1. The van der Waals surface area contributed by atoms with E-state index in [1.54, 1.807) is 29.9 Å². The molecule has 0 N–H and O–H groups in total. The quantitative estimate of drug-likeness (QED) is 0.205. The van der Waals surface area contributed by atoms with E-state index < -0.39 is 46.7 Å². The molecule has 8 heteroatoms. The molecule has 0 saturated carbocycles. The average molecular weight is 345 g/mol. The van der Waals surface area contributed by atoms with E-state index in [2.05, 4.69) is 11.3 Å². The molecule has 0 aliphatic carbocycles. The highest BCUT2D eigenvalue weighted by Gasteiger charge is 2.31. The number of carbonyl (C=O) groups excluding carboxylic acids is 1. The molecule has 0 amide bonds. The average Bonchev–Trinajstić information content (AvgIpc) is 2.98. The van der Waals surface area contributed by atoms with Crippen molar-refractivity contribution >= 4 is 5.97 Å². The van der Waals surface area contributed by atoms with Crippen molar-refractivity contribution in [3.05, 3.63) is 65.8 Å². The Labute approximate surface area is 134 Å². The zero-order valence-electron chi connectivity index (χ0n) is 12.5. The molecular formula is C16H12F5NO2. The van der Waals surface area contributed by atoms with Crippen LogP contribution in [0.3, 0.4) is 0 Å². The van der Waals surface area contributed by atoms with E-state index in [4.69, 9.17) is 0 Å². The first-order chi connectivity index (χ1) is 11.3. The van der Waals surface area contributed by atoms with E-state index in [1.807, 2.05) is 0 Å². The van der Waals surface area contributed by atoms with E-state index in [-0.39, 0.29) is 6.42 Å². The van der Waals surface area contributed by atoms with Gasteiger partial charge in [0.1, 0.15) is 5.92 Å². The largest absolute Gasteiger partial charge is 0.419 e. The maximum atomic E-state index is 13.6. The third-order valence-corrected chi connectivity index (χ3v) is 3.40. The van der Waals surface area contributed by atoms with Crippen molar-refractivity contribution in [3.8, 4) is 5.75 Å². The standard InChI is InChI=1S/C16H12F5NO2/c1-3-5-8(9-6-4-7-22(9)2)16(23)24-15-13(20)11(18)10(17)12(19)14(15)21/h3-4,6-8H,1,5H2,2H3/t8-/m1/s1. The fraction of sp³-hybridized carbons (Fsp3) is 0.188. The van der Waals surface area contributed by atoms with Gasteiger partial charge in [-0.25, -0.2) is 13.2 Å². The molecule has 0 bridgehead atoms. The van der Waals surface area contributed by atoms with Gasteiger partial charge in [0.15, 0.2) is 0 Å². The summed E-state index contributed by atoms with van der Waals surface area (Å²) in [5.41, 5.74) is 0.434. The van der Waals surface area contributed by atoms with Crippen LogP contribution in [0, 0.1) is 29.1 Å². The van der Waals surface area contributed by atoms with Crippen LogP contribution in [0.5, 0.6) is 5.75 Å². The van der Waals surface area contributed by atoms with Gasteiger partial charge < -0.3 is 9.30 Å². The number of benzene rings is 1. The summed E-state index contributed by atoms with van der Waals surface area (Å²) in [7, 11) is 1.62. The molecule has 1 atom stereocenters. The van der Waals surface area contributed by atoms with Crippen LogP contribution in [0.1, 0.15) is 18.0 Å². The molecule has 0 radical (unpaired) electrons. The predicted octanol–water partition coefficient (Wildman–Crippen LogP) is 3.99. The number of allylic oxidation sites excluding steroid dienone is 1. The Morgan fingerprint density at radius 3 is 2.17 bits per heavy atom. The lowest BCUT2D eigenvalue weighted by Crippen LogP contribution is -2.22. The van der Waals surface area contributed by atoms with Gasteiger partial charge in [-0.2, -0.15) is 8.78 Å². The number of nitrogens with zero attached hydrogens (tertiary/aromatic N) is 1. The van der Waals surface area contributed by atoms with Gasteiger partial charge in [0, 0.05) is 18.9 Å². The lowest BCUT2D eigenvalue weighted by molar-refractivity contribution is -0.136. The third-order valence-electron chi connectivity index (χ3n) is 3.40. The summed E-state index contributed by atoms with van der Waals surface area (Å²) >= 11 is 0. The molecule has 1 heterocycles. The molecule has 0 saturated heterocycles. The minimum Gasteiger partial charge on any atom is -0.419 e. The number of hydrogen-bond donors (Lipinski definition) is 0. The first kappa shape index (κ1) is 17.7. The number of esters is 1. The highest BCUT2D eigenvalue weighted by molar-refractivity contribution is 5.80. The molecule has 0 fully saturated rings. The zero-order chi connectivity index (χ0) is 18.0. The second-order valence-corrected chi connectivity index (χ2v) is 4.94. The lowest BCUT2D eigenvalue weighted by Gasteiger charge is -2.16. The predicted molar refractivity (Wildman–Crippen MR) is 74.8 cm³/mol. The molecule has 1 aromatic heterocycles. The van der Waals surface area contributed by atoms with E-state index in [0.717, 1.165) is 0 Å². The minimum atomic E-state index is -2.32. The van der Waals surface area contributed by atoms with Crippen molar-refractivity contribution in [1.82, 2.24) is 4.57 Å². The number of rotatable bonds is 5. The maximum Gasteiger partial charge on any atom is 0.320 e. The van der Waals surface area contributed by atoms with Crippen LogP contribution in [0.4, 0.5) is 22.0 Å². The Bertz CT molecular complexity index is 771. The van der Waals surface area contributed by atoms with Crippen LogP contribution in [-0.4, -0.2) is 10.5 Å². The highest BCUT2D eigenvalue weighted by atomic mass is 19.2. The van der Waals surface area contributed by atoms with Gasteiger partial charge in [0.2, 0.25) is 34.8 Å². The summed E-state index contributed by atoms with van der Waals surface area (Å²) in [6.07, 6.45) is 3.04. The smallest absolute Gasteiger partial charge is 0.320 e. The highest BCUT2D eigenvalue weighted by Crippen LogP contribution is 2.31. The Morgan fingerprint density at radius 2 is 1.71 bits per heavy atom. The van der Waals surface area contributed by atoms with E-state index in [9.17, 15) is 26.7 Å². The summed E-state index contributed by atoms with van der Waals surface area (Å²) in [6, 6.07) is 3.19. The third kappa shape index (κ3) is 3.04. The van der Waals surface area contributed by atoms with Gasteiger partial charge in [0.05, 0.1) is 0 Å². The van der Waals surface area contributed by atoms with Crippen molar-refractivity contribution in [2.75, 3.05) is 0 Å². The van der Waals surface area contributed by atoms with Crippen LogP contribution in [0.25, 0.3) is 0 Å². The molecule has 128 valence electrons. The van der Waals surface area contributed by atoms with Crippen LogP contribution in [-0.2, 0) is 11.8 Å². The monoisotopic (exact) mass is 345 g/mol. The first-order valence-corrected chi connectivity index (χ1v) is 6.74. The Morgan fingerprint density at radius 1 is 1.17 bits per heavy atom. The Kier molecular flexibility index (Phi) is 5.06. The number of carbonyl (C=O) groups is 1. The van der Waals surface area contributed by atoms with Gasteiger partial charge in [0.25, 0.3) is 0 Å². The summed E-state index contributed by atoms with van der Waals surface area (Å²) in [4.78, 5) is 12.2. The molecule has 0 unspecified atom stereocenters. The number of aromatic nitrogens is 1. The maximum absolute atomic E-state index is 13.6. The van der Waals surface area contributed by atoms with Gasteiger partial charge >= 0.3 is 5.97 Å². The van der Waals surface area contributed by atoms with Gasteiger partial charge in [-0.1, -0.05) is 6.08 Å². The molecular weight excluding hydrogens is 333 g/mol. The second kappa shape index (κ2) is 6.86. The Hall–Kier alpha value is -2.64. The molecule has 0 aliphatic rings. The van der Waals surface area contributed by atoms with Gasteiger partial charge in [-0.05, 0) is 18.6 Å². The molecule has 1 aromatic carbocycles. The molecule has 2 aromatic rings. The fourth-order valence-electron chi connectivity index (χ4n) is 2.19. The van der Waals surface area contributed by atoms with Crippen molar-refractivity contribution in [2.45, 2.75) is 12.3 Å². The van der Waals surface area contributed by atoms with E-state index in [0.29, 0.717) is 5.69 Å². The molecule has 3 nitrogen and oxygen atoms in total. The summed E-state index contributed by atoms with van der Waals surface area (Å²) in [5.74, 6) is -14.9. The summed E-state index contributed by atoms with van der Waals surface area (Å²) in [6.45, 7) is 3.47. The number of hydrogen-bond acceptors (Lipinski definition) is 2. The zero-order valence-corrected chi connectivity index (χ0v) is 12.5. The second-order valence-electron chi connectivity index (χ2n) is 4.94. The SMILES string of the molecule is C=CC[C@@H](C(=O)Oc1c(F)c(F)c(F)c(F)c1F)c1cccn1C. The van der Waals surface area contributed by atoms with Gasteiger partial charge in [-0.3, -0.25) is 4.79 Å². The fourth-order valence-corrected chi connectivity index (χ4v) is 2.19. The van der Waals surface area contributed by atoms with Crippen LogP contribution >= 0.6 is 0 Å². The van der Waals surface area contributed by atoms with Crippen LogP contribution in [0.2, 0.25) is 0 Å². The molecule has 0 aliphatic heterocycles. The van der Waals surface area contributed by atoms with Crippen molar-refractivity contribution in [3.63, 3.8) is 0 Å². The summed E-state index contributed by atoms with van der Waals surface area (Å²) in [5, 5.41) is 0. The number of ether oxygens (including phenoxy) is 1.